The first-order valence-electron chi connectivity index (χ1n) is 6.30. The van der Waals surface area contributed by atoms with E-state index in [9.17, 15) is 8.42 Å². The summed E-state index contributed by atoms with van der Waals surface area (Å²) in [5, 5.41) is 0. The van der Waals surface area contributed by atoms with Gasteiger partial charge in [-0.1, -0.05) is 19.8 Å². The van der Waals surface area contributed by atoms with Crippen LogP contribution in [0.1, 0.15) is 45.4 Å². The molecule has 16 heavy (non-hydrogen) atoms. The van der Waals surface area contributed by atoms with E-state index >= 15 is 0 Å². The van der Waals surface area contributed by atoms with Crippen LogP contribution in [0.15, 0.2) is 0 Å². The van der Waals surface area contributed by atoms with Crippen LogP contribution < -0.4 is 0 Å². The van der Waals surface area contributed by atoms with Gasteiger partial charge < -0.3 is 0 Å². The lowest BCUT2D eigenvalue weighted by atomic mass is 10.1. The standard InChI is InChI=1S/C12H23ClO2S/c1-11(6-8-13)7-9-16(14,15)10-12-4-2-3-5-12/h11-12H,2-10H2,1H3. The molecular formula is C12H23ClO2S. The molecule has 1 aliphatic carbocycles. The van der Waals surface area contributed by atoms with Crippen LogP contribution in [0.2, 0.25) is 0 Å². The molecule has 1 fully saturated rings. The Hall–Kier alpha value is 0.240. The monoisotopic (exact) mass is 266 g/mol. The minimum Gasteiger partial charge on any atom is -0.229 e. The number of hydrogen-bond acceptors (Lipinski definition) is 2. The third-order valence-electron chi connectivity index (χ3n) is 3.49. The maximum Gasteiger partial charge on any atom is 0.150 e. The van der Waals surface area contributed by atoms with E-state index in [0.717, 1.165) is 25.7 Å². The van der Waals surface area contributed by atoms with Gasteiger partial charge in [-0.3, -0.25) is 0 Å². The molecule has 1 atom stereocenters. The summed E-state index contributed by atoms with van der Waals surface area (Å²) >= 11 is 5.63. The molecule has 96 valence electrons. The van der Waals surface area contributed by atoms with E-state index in [-0.39, 0.29) is 0 Å². The Morgan fingerprint density at radius 1 is 1.25 bits per heavy atom. The molecule has 0 aromatic heterocycles. The molecule has 1 unspecified atom stereocenters. The zero-order valence-corrected chi connectivity index (χ0v) is 11.7. The Balaban J connectivity index is 2.27. The van der Waals surface area contributed by atoms with E-state index in [1.807, 2.05) is 0 Å². The molecule has 0 heterocycles. The first kappa shape index (κ1) is 14.3. The van der Waals surface area contributed by atoms with Crippen LogP contribution in [0.3, 0.4) is 0 Å². The molecule has 0 saturated heterocycles. The van der Waals surface area contributed by atoms with E-state index in [4.69, 9.17) is 11.6 Å². The van der Waals surface area contributed by atoms with Crippen LogP contribution in [0.25, 0.3) is 0 Å². The third kappa shape index (κ3) is 5.53. The fourth-order valence-electron chi connectivity index (χ4n) is 2.33. The maximum atomic E-state index is 11.9. The van der Waals surface area contributed by atoms with Crippen molar-refractivity contribution < 1.29 is 8.42 Å². The normalized spacial score (nSPS) is 20.1. The summed E-state index contributed by atoms with van der Waals surface area (Å²) in [5.41, 5.74) is 0. The molecule has 1 rings (SSSR count). The number of sulfone groups is 1. The molecule has 0 spiro atoms. The van der Waals surface area contributed by atoms with Crippen molar-refractivity contribution in [3.8, 4) is 0 Å². The van der Waals surface area contributed by atoms with Crippen molar-refractivity contribution >= 4 is 21.4 Å². The molecule has 0 bridgehead atoms. The van der Waals surface area contributed by atoms with E-state index < -0.39 is 9.84 Å². The van der Waals surface area contributed by atoms with Gasteiger partial charge in [0.1, 0.15) is 0 Å². The summed E-state index contributed by atoms with van der Waals surface area (Å²) in [7, 11) is -2.82. The smallest absolute Gasteiger partial charge is 0.150 e. The zero-order chi connectivity index (χ0) is 12.0. The van der Waals surface area contributed by atoms with Gasteiger partial charge in [-0.05, 0) is 37.5 Å². The molecule has 0 amide bonds. The van der Waals surface area contributed by atoms with Gasteiger partial charge in [0.15, 0.2) is 9.84 Å². The second-order valence-corrected chi connectivity index (χ2v) is 7.74. The maximum absolute atomic E-state index is 11.9. The summed E-state index contributed by atoms with van der Waals surface area (Å²) in [5.74, 6) is 2.26. The lowest BCUT2D eigenvalue weighted by molar-refractivity contribution is 0.524. The number of rotatable bonds is 7. The summed E-state index contributed by atoms with van der Waals surface area (Å²) in [6.45, 7) is 2.08. The summed E-state index contributed by atoms with van der Waals surface area (Å²) < 4.78 is 23.7. The molecule has 0 aliphatic heterocycles. The highest BCUT2D eigenvalue weighted by Crippen LogP contribution is 2.26. The Kier molecular flexibility index (Phi) is 6.12. The molecular weight excluding hydrogens is 244 g/mol. The molecule has 1 aliphatic rings. The molecule has 0 aromatic rings. The quantitative estimate of drug-likeness (QED) is 0.663. The van der Waals surface area contributed by atoms with Crippen LogP contribution in [0.4, 0.5) is 0 Å². The Bertz CT molecular complexity index is 281. The van der Waals surface area contributed by atoms with Gasteiger partial charge in [0.05, 0.1) is 11.5 Å². The summed E-state index contributed by atoms with van der Waals surface area (Å²) in [6.07, 6.45) is 6.32. The second kappa shape index (κ2) is 6.85. The summed E-state index contributed by atoms with van der Waals surface area (Å²) in [6, 6.07) is 0. The average Bonchev–Trinajstić information content (AvgIpc) is 2.67. The second-order valence-electron chi connectivity index (χ2n) is 5.14. The lowest BCUT2D eigenvalue weighted by Gasteiger charge is -2.12. The molecule has 1 saturated carbocycles. The van der Waals surface area contributed by atoms with Gasteiger partial charge >= 0.3 is 0 Å². The topological polar surface area (TPSA) is 34.1 Å². The molecule has 4 heteroatoms. The highest BCUT2D eigenvalue weighted by atomic mass is 35.5. The fourth-order valence-corrected chi connectivity index (χ4v) is 4.68. The minimum absolute atomic E-state index is 0.349. The van der Waals surface area contributed by atoms with Gasteiger partial charge in [0.25, 0.3) is 0 Å². The largest absolute Gasteiger partial charge is 0.229 e. The van der Waals surface area contributed by atoms with Gasteiger partial charge in [-0.2, -0.15) is 0 Å². The molecule has 0 aromatic carbocycles. The van der Waals surface area contributed by atoms with Crippen LogP contribution in [-0.4, -0.2) is 25.8 Å². The van der Waals surface area contributed by atoms with Crippen molar-refractivity contribution in [1.29, 1.82) is 0 Å². The van der Waals surface area contributed by atoms with Crippen molar-refractivity contribution in [3.63, 3.8) is 0 Å². The van der Waals surface area contributed by atoms with E-state index in [1.54, 1.807) is 0 Å². The fraction of sp³-hybridized carbons (Fsp3) is 1.00. The number of hydrogen-bond donors (Lipinski definition) is 0. The highest BCUT2D eigenvalue weighted by molar-refractivity contribution is 7.91. The van der Waals surface area contributed by atoms with Crippen LogP contribution in [-0.2, 0) is 9.84 Å². The number of halogens is 1. The lowest BCUT2D eigenvalue weighted by Crippen LogP contribution is -2.18. The van der Waals surface area contributed by atoms with Crippen molar-refractivity contribution in [2.75, 3.05) is 17.4 Å². The third-order valence-corrected chi connectivity index (χ3v) is 5.54. The predicted molar refractivity (Wildman–Crippen MR) is 69.7 cm³/mol. The van der Waals surface area contributed by atoms with Gasteiger partial charge in [-0.15, -0.1) is 11.6 Å². The van der Waals surface area contributed by atoms with Crippen LogP contribution >= 0.6 is 11.6 Å². The van der Waals surface area contributed by atoms with E-state index in [0.29, 0.717) is 29.2 Å². The zero-order valence-electron chi connectivity index (χ0n) is 10.1. The SMILES string of the molecule is CC(CCCl)CCS(=O)(=O)CC1CCCC1. The first-order valence-corrected chi connectivity index (χ1v) is 8.65. The first-order chi connectivity index (χ1) is 7.53. The predicted octanol–water partition coefficient (Wildman–Crippen LogP) is 3.25. The van der Waals surface area contributed by atoms with E-state index in [1.165, 1.54) is 12.8 Å². The number of alkyl halides is 1. The molecule has 0 radical (unpaired) electrons. The van der Waals surface area contributed by atoms with Crippen molar-refractivity contribution in [3.05, 3.63) is 0 Å². The van der Waals surface area contributed by atoms with Crippen molar-refractivity contribution in [1.82, 2.24) is 0 Å². The van der Waals surface area contributed by atoms with Gasteiger partial charge in [-0.25, -0.2) is 8.42 Å². The van der Waals surface area contributed by atoms with E-state index in [2.05, 4.69) is 6.92 Å². The Morgan fingerprint density at radius 3 is 2.44 bits per heavy atom. The Labute approximate surface area is 105 Å². The molecule has 0 N–H and O–H groups in total. The van der Waals surface area contributed by atoms with Crippen molar-refractivity contribution in [2.45, 2.75) is 45.4 Å². The Morgan fingerprint density at radius 2 is 1.88 bits per heavy atom. The highest BCUT2D eigenvalue weighted by Gasteiger charge is 2.22. The van der Waals surface area contributed by atoms with Crippen molar-refractivity contribution in [2.24, 2.45) is 11.8 Å². The van der Waals surface area contributed by atoms with Gasteiger partial charge in [0.2, 0.25) is 0 Å². The van der Waals surface area contributed by atoms with Crippen LogP contribution in [0.5, 0.6) is 0 Å². The van der Waals surface area contributed by atoms with Crippen LogP contribution in [0, 0.1) is 11.8 Å². The minimum atomic E-state index is -2.82. The molecule has 2 nitrogen and oxygen atoms in total. The van der Waals surface area contributed by atoms with Gasteiger partial charge in [0, 0.05) is 5.88 Å². The average molecular weight is 267 g/mol. The summed E-state index contributed by atoms with van der Waals surface area (Å²) in [4.78, 5) is 0.